The molecule has 1 N–H and O–H groups in total. The molecule has 3 rings (SSSR count). The molecule has 0 spiro atoms. The molecule has 1 atom stereocenters. The molecule has 1 aromatic carbocycles. The van der Waals surface area contributed by atoms with E-state index < -0.39 is 0 Å². The van der Waals surface area contributed by atoms with Crippen LogP contribution in [-0.2, 0) is 16.0 Å². The molecule has 150 valence electrons. The molecule has 8 heteroatoms. The van der Waals surface area contributed by atoms with E-state index in [1.54, 1.807) is 18.0 Å². The van der Waals surface area contributed by atoms with Crippen LogP contribution >= 0.6 is 0 Å². The molecule has 1 saturated heterocycles. The number of carbonyl (C=O) groups is 2. The quantitative estimate of drug-likeness (QED) is 0.727. The van der Waals surface area contributed by atoms with Gasteiger partial charge in [-0.05, 0) is 30.9 Å². The van der Waals surface area contributed by atoms with Crippen LogP contribution < -0.4 is 5.32 Å². The molecule has 0 bridgehead atoms. The van der Waals surface area contributed by atoms with E-state index in [2.05, 4.69) is 15.6 Å². The largest absolute Gasteiger partial charge is 0.383 e. The summed E-state index contributed by atoms with van der Waals surface area (Å²) in [6.45, 7) is 4.22. The topological polar surface area (TPSA) is 89.4 Å². The third-order valence-corrected chi connectivity index (χ3v) is 5.06. The van der Waals surface area contributed by atoms with Crippen molar-refractivity contribution in [3.05, 3.63) is 47.3 Å². The van der Waals surface area contributed by atoms with Gasteiger partial charge in [0.15, 0.2) is 5.69 Å². The Labute approximate surface area is 164 Å². The minimum absolute atomic E-state index is 0.0302. The fourth-order valence-corrected chi connectivity index (χ4v) is 3.40. The van der Waals surface area contributed by atoms with Gasteiger partial charge in [0.05, 0.1) is 25.3 Å². The number of carbonyl (C=O) groups excluding carboxylic acids is 2. The van der Waals surface area contributed by atoms with Crippen molar-refractivity contribution in [1.82, 2.24) is 25.2 Å². The zero-order chi connectivity index (χ0) is 19.9. The predicted octanol–water partition coefficient (Wildman–Crippen LogP) is 1.37. The maximum Gasteiger partial charge on any atom is 0.273 e. The van der Waals surface area contributed by atoms with Crippen molar-refractivity contribution in [2.75, 3.05) is 33.4 Å². The number of rotatable bonds is 7. The first kappa shape index (κ1) is 20.0. The average molecular weight is 385 g/mol. The van der Waals surface area contributed by atoms with Gasteiger partial charge in [-0.3, -0.25) is 9.59 Å². The number of benzene rings is 1. The van der Waals surface area contributed by atoms with Gasteiger partial charge in [0.25, 0.3) is 5.91 Å². The van der Waals surface area contributed by atoms with Crippen LogP contribution in [0.3, 0.4) is 0 Å². The SMILES string of the molecule is COCCNC(=O)c1cn([C@H]2CCCN(C(=O)Cc3ccccc3C)C2)nn1. The minimum Gasteiger partial charge on any atom is -0.383 e. The number of methoxy groups -OCH3 is 1. The Kier molecular flexibility index (Phi) is 6.76. The zero-order valence-corrected chi connectivity index (χ0v) is 16.4. The second-order valence-corrected chi connectivity index (χ2v) is 7.07. The number of likely N-dealkylation sites (tertiary alicyclic amines) is 1. The summed E-state index contributed by atoms with van der Waals surface area (Å²) in [6.07, 6.45) is 3.87. The van der Waals surface area contributed by atoms with E-state index in [0.29, 0.717) is 26.1 Å². The minimum atomic E-state index is -0.272. The van der Waals surface area contributed by atoms with Crippen LogP contribution in [0.15, 0.2) is 30.5 Å². The van der Waals surface area contributed by atoms with Gasteiger partial charge in [0, 0.05) is 26.7 Å². The number of nitrogens with one attached hydrogen (secondary N) is 1. The van der Waals surface area contributed by atoms with Crippen LogP contribution in [0.1, 0.15) is 40.5 Å². The first-order valence-corrected chi connectivity index (χ1v) is 9.59. The van der Waals surface area contributed by atoms with Crippen LogP contribution in [0.4, 0.5) is 0 Å². The Morgan fingerprint density at radius 3 is 2.93 bits per heavy atom. The summed E-state index contributed by atoms with van der Waals surface area (Å²) in [6, 6.07) is 8.00. The van der Waals surface area contributed by atoms with Crippen LogP contribution in [0.5, 0.6) is 0 Å². The Balaban J connectivity index is 1.59. The van der Waals surface area contributed by atoms with Crippen molar-refractivity contribution < 1.29 is 14.3 Å². The first-order valence-electron chi connectivity index (χ1n) is 9.59. The monoisotopic (exact) mass is 385 g/mol. The summed E-state index contributed by atoms with van der Waals surface area (Å²) in [4.78, 5) is 26.7. The molecule has 28 heavy (non-hydrogen) atoms. The lowest BCUT2D eigenvalue weighted by atomic mass is 10.0. The fraction of sp³-hybridized carbons (Fsp3) is 0.500. The normalized spacial score (nSPS) is 16.8. The van der Waals surface area contributed by atoms with E-state index >= 15 is 0 Å². The molecule has 1 aliphatic rings. The average Bonchev–Trinajstić information content (AvgIpc) is 3.20. The maximum atomic E-state index is 12.8. The summed E-state index contributed by atoms with van der Waals surface area (Å²) in [5.41, 5.74) is 2.47. The van der Waals surface area contributed by atoms with Crippen LogP contribution in [0, 0.1) is 6.92 Å². The highest BCUT2D eigenvalue weighted by atomic mass is 16.5. The molecule has 2 amide bonds. The summed E-state index contributed by atoms with van der Waals surface area (Å²) in [7, 11) is 1.58. The number of piperidine rings is 1. The van der Waals surface area contributed by atoms with Crippen molar-refractivity contribution in [2.24, 2.45) is 0 Å². The number of ether oxygens (including phenoxy) is 1. The predicted molar refractivity (Wildman–Crippen MR) is 104 cm³/mol. The highest BCUT2D eigenvalue weighted by Gasteiger charge is 2.26. The summed E-state index contributed by atoms with van der Waals surface area (Å²) < 4.78 is 6.63. The van der Waals surface area contributed by atoms with Crippen LogP contribution in [0.2, 0.25) is 0 Å². The molecule has 0 radical (unpaired) electrons. The Bertz CT molecular complexity index is 820. The molecule has 2 aromatic rings. The summed E-state index contributed by atoms with van der Waals surface area (Å²) in [5, 5.41) is 10.8. The molecule has 0 unspecified atom stereocenters. The van der Waals surface area contributed by atoms with Gasteiger partial charge < -0.3 is 15.0 Å². The van der Waals surface area contributed by atoms with Gasteiger partial charge in [-0.25, -0.2) is 4.68 Å². The van der Waals surface area contributed by atoms with Gasteiger partial charge >= 0.3 is 0 Å². The lowest BCUT2D eigenvalue weighted by Gasteiger charge is -2.32. The number of nitrogens with zero attached hydrogens (tertiary/aromatic N) is 4. The number of aryl methyl sites for hydroxylation is 1. The van der Waals surface area contributed by atoms with Gasteiger partial charge in [0.2, 0.25) is 5.91 Å². The third kappa shape index (κ3) is 4.95. The first-order chi connectivity index (χ1) is 13.6. The maximum absolute atomic E-state index is 12.8. The highest BCUT2D eigenvalue weighted by Crippen LogP contribution is 2.22. The van der Waals surface area contributed by atoms with E-state index in [4.69, 9.17) is 4.74 Å². The van der Waals surface area contributed by atoms with Crippen molar-refractivity contribution >= 4 is 11.8 Å². The third-order valence-electron chi connectivity index (χ3n) is 5.06. The van der Waals surface area contributed by atoms with Gasteiger partial charge in [-0.1, -0.05) is 29.5 Å². The van der Waals surface area contributed by atoms with Crippen molar-refractivity contribution in [3.8, 4) is 0 Å². The van der Waals surface area contributed by atoms with Gasteiger partial charge in [-0.2, -0.15) is 0 Å². The number of amides is 2. The Hall–Kier alpha value is -2.74. The molecule has 1 fully saturated rings. The molecule has 1 aromatic heterocycles. The summed E-state index contributed by atoms with van der Waals surface area (Å²) >= 11 is 0. The standard InChI is InChI=1S/C20H27N5O3/c1-15-6-3-4-7-16(15)12-19(26)24-10-5-8-17(13-24)25-14-18(22-23-25)20(27)21-9-11-28-2/h3-4,6-7,14,17H,5,8-13H2,1-2H3,(H,21,27)/t17-/m0/s1. The second-order valence-electron chi connectivity index (χ2n) is 7.07. The van der Waals surface area contributed by atoms with Gasteiger partial charge in [-0.15, -0.1) is 5.10 Å². The Morgan fingerprint density at radius 1 is 1.32 bits per heavy atom. The summed E-state index contributed by atoms with van der Waals surface area (Å²) in [5.74, 6) is -0.150. The van der Waals surface area contributed by atoms with Crippen molar-refractivity contribution in [2.45, 2.75) is 32.2 Å². The molecular weight excluding hydrogens is 358 g/mol. The molecule has 8 nitrogen and oxygen atoms in total. The van der Waals surface area contributed by atoms with E-state index in [-0.39, 0.29) is 23.6 Å². The lowest BCUT2D eigenvalue weighted by Crippen LogP contribution is -2.41. The number of aromatic nitrogens is 3. The highest BCUT2D eigenvalue weighted by molar-refractivity contribution is 5.91. The number of hydrogen-bond acceptors (Lipinski definition) is 5. The Morgan fingerprint density at radius 2 is 2.14 bits per heavy atom. The van der Waals surface area contributed by atoms with E-state index in [0.717, 1.165) is 30.5 Å². The molecule has 1 aliphatic heterocycles. The van der Waals surface area contributed by atoms with Crippen LogP contribution in [0.25, 0.3) is 0 Å². The zero-order valence-electron chi connectivity index (χ0n) is 16.4. The van der Waals surface area contributed by atoms with E-state index in [1.807, 2.05) is 36.1 Å². The fourth-order valence-electron chi connectivity index (χ4n) is 3.40. The second kappa shape index (κ2) is 9.45. The molecule has 0 aliphatic carbocycles. The molecule has 2 heterocycles. The number of hydrogen-bond donors (Lipinski definition) is 1. The molecule has 0 saturated carbocycles. The van der Waals surface area contributed by atoms with Crippen molar-refractivity contribution in [3.63, 3.8) is 0 Å². The smallest absolute Gasteiger partial charge is 0.273 e. The van der Waals surface area contributed by atoms with E-state index in [9.17, 15) is 9.59 Å². The van der Waals surface area contributed by atoms with Crippen molar-refractivity contribution in [1.29, 1.82) is 0 Å². The van der Waals surface area contributed by atoms with Gasteiger partial charge in [0.1, 0.15) is 0 Å². The van der Waals surface area contributed by atoms with Crippen LogP contribution in [-0.4, -0.2) is 65.1 Å². The van der Waals surface area contributed by atoms with E-state index in [1.165, 1.54) is 0 Å². The molecular formula is C20H27N5O3. The lowest BCUT2D eigenvalue weighted by molar-refractivity contribution is -0.132.